The molecular formula is C23H31FN4O. The van der Waals surface area contributed by atoms with Crippen LogP contribution in [0.15, 0.2) is 53.5 Å². The summed E-state index contributed by atoms with van der Waals surface area (Å²) in [4.78, 5) is 8.84. The third kappa shape index (κ3) is 6.02. The van der Waals surface area contributed by atoms with Gasteiger partial charge in [-0.15, -0.1) is 0 Å². The molecule has 3 rings (SSSR count). The summed E-state index contributed by atoms with van der Waals surface area (Å²) < 4.78 is 19.3. The normalized spacial score (nSPS) is 20.2. The van der Waals surface area contributed by atoms with Crippen LogP contribution in [0, 0.1) is 5.82 Å². The number of ether oxygens (including phenoxy) is 1. The molecule has 2 unspecified atom stereocenters. The molecule has 1 aliphatic rings. The van der Waals surface area contributed by atoms with Gasteiger partial charge in [0.05, 0.1) is 12.6 Å². The van der Waals surface area contributed by atoms with Crippen molar-refractivity contribution in [2.45, 2.75) is 32.2 Å². The second-order valence-electron chi connectivity index (χ2n) is 7.85. The quantitative estimate of drug-likeness (QED) is 0.619. The molecule has 2 aromatic rings. The third-order valence-corrected chi connectivity index (χ3v) is 4.99. The van der Waals surface area contributed by atoms with Gasteiger partial charge < -0.3 is 19.9 Å². The molecule has 0 bridgehead atoms. The highest BCUT2D eigenvalue weighted by Crippen LogP contribution is 2.25. The minimum atomic E-state index is -0.233. The third-order valence-electron chi connectivity index (χ3n) is 4.99. The molecular weight excluding hydrogens is 367 g/mol. The van der Waals surface area contributed by atoms with Crippen molar-refractivity contribution in [3.05, 3.63) is 71.0 Å². The molecule has 1 N–H and O–H groups in total. The van der Waals surface area contributed by atoms with E-state index >= 15 is 0 Å². The smallest absolute Gasteiger partial charge is 0.194 e. The monoisotopic (exact) mass is 398 g/mol. The van der Waals surface area contributed by atoms with Crippen molar-refractivity contribution in [1.82, 2.24) is 15.1 Å². The zero-order valence-corrected chi connectivity index (χ0v) is 17.7. The fourth-order valence-corrected chi connectivity index (χ4v) is 3.63. The molecule has 1 aliphatic heterocycles. The van der Waals surface area contributed by atoms with Gasteiger partial charge >= 0.3 is 0 Å². The Hall–Kier alpha value is -2.44. The van der Waals surface area contributed by atoms with Gasteiger partial charge in [0.15, 0.2) is 5.96 Å². The lowest BCUT2D eigenvalue weighted by molar-refractivity contribution is -0.0605. The molecule has 0 radical (unpaired) electrons. The maximum atomic E-state index is 13.3. The number of nitrogens with zero attached hydrogens (tertiary/aromatic N) is 3. The number of hydrogen-bond acceptors (Lipinski definition) is 3. The number of halogens is 1. The molecule has 5 nitrogen and oxygen atoms in total. The second-order valence-corrected chi connectivity index (χ2v) is 7.85. The van der Waals surface area contributed by atoms with Crippen molar-refractivity contribution in [2.75, 3.05) is 34.2 Å². The van der Waals surface area contributed by atoms with E-state index in [1.165, 1.54) is 23.3 Å². The highest BCUT2D eigenvalue weighted by molar-refractivity contribution is 5.80. The lowest BCUT2D eigenvalue weighted by Gasteiger charge is -2.38. The Balaban J connectivity index is 1.62. The van der Waals surface area contributed by atoms with Gasteiger partial charge in [-0.25, -0.2) is 4.39 Å². The van der Waals surface area contributed by atoms with Crippen LogP contribution in [0.3, 0.4) is 0 Å². The number of aliphatic imine (C=N–C) groups is 1. The first-order chi connectivity index (χ1) is 13.9. The largest absolute Gasteiger partial charge is 0.367 e. The van der Waals surface area contributed by atoms with E-state index in [-0.39, 0.29) is 18.0 Å². The fourth-order valence-electron chi connectivity index (χ4n) is 3.63. The summed E-state index contributed by atoms with van der Waals surface area (Å²) in [6.45, 7) is 5.14. The van der Waals surface area contributed by atoms with Crippen molar-refractivity contribution in [3.8, 4) is 0 Å². The first-order valence-corrected chi connectivity index (χ1v) is 10.0. The topological polar surface area (TPSA) is 40.1 Å². The van der Waals surface area contributed by atoms with Gasteiger partial charge in [0, 0.05) is 26.7 Å². The van der Waals surface area contributed by atoms with E-state index in [0.717, 1.165) is 24.6 Å². The highest BCUT2D eigenvalue weighted by Gasteiger charge is 2.28. The number of hydrogen-bond donors (Lipinski definition) is 1. The van der Waals surface area contributed by atoms with Crippen LogP contribution >= 0.6 is 0 Å². The van der Waals surface area contributed by atoms with Crippen LogP contribution in [0.25, 0.3) is 0 Å². The fraction of sp³-hybridized carbons (Fsp3) is 0.435. The highest BCUT2D eigenvalue weighted by atomic mass is 19.1. The summed E-state index contributed by atoms with van der Waals surface area (Å²) in [5.41, 5.74) is 3.49. The van der Waals surface area contributed by atoms with Gasteiger partial charge in [0.2, 0.25) is 0 Å². The van der Waals surface area contributed by atoms with Gasteiger partial charge in [-0.2, -0.15) is 0 Å². The molecule has 1 fully saturated rings. The Bertz CT molecular complexity index is 805. The number of rotatable bonds is 5. The summed E-state index contributed by atoms with van der Waals surface area (Å²) >= 11 is 0. The molecule has 2 atom stereocenters. The van der Waals surface area contributed by atoms with Crippen LogP contribution in [0.5, 0.6) is 0 Å². The van der Waals surface area contributed by atoms with Crippen LogP contribution in [-0.2, 0) is 17.8 Å². The standard InChI is InChI=1S/C23H31FN4O/c1-17-14-28(16-22(29-17)20-9-11-21(24)12-10-20)23(25-2)26-13-18-5-7-19(8-6-18)15-27(3)4/h5-12,17,22H,13-16H2,1-4H3,(H,25,26). The molecule has 0 aliphatic carbocycles. The van der Waals surface area contributed by atoms with E-state index in [0.29, 0.717) is 13.1 Å². The molecule has 6 heteroatoms. The average molecular weight is 399 g/mol. The number of morpholine rings is 1. The minimum absolute atomic E-state index is 0.0580. The molecule has 1 heterocycles. The van der Waals surface area contributed by atoms with Crippen molar-refractivity contribution >= 4 is 5.96 Å². The number of guanidine groups is 1. The number of benzene rings is 2. The lowest BCUT2D eigenvalue weighted by atomic mass is 10.1. The molecule has 0 amide bonds. The van der Waals surface area contributed by atoms with Crippen LogP contribution in [-0.4, -0.2) is 56.1 Å². The van der Waals surface area contributed by atoms with E-state index < -0.39 is 0 Å². The average Bonchev–Trinajstić information content (AvgIpc) is 2.69. The summed E-state index contributed by atoms with van der Waals surface area (Å²) in [5.74, 6) is 0.619. The van der Waals surface area contributed by atoms with Crippen molar-refractivity contribution in [2.24, 2.45) is 4.99 Å². The molecule has 0 aromatic heterocycles. The minimum Gasteiger partial charge on any atom is -0.367 e. The Morgan fingerprint density at radius 1 is 1.10 bits per heavy atom. The van der Waals surface area contributed by atoms with Crippen LogP contribution < -0.4 is 5.32 Å². The van der Waals surface area contributed by atoms with Crippen molar-refractivity contribution in [3.63, 3.8) is 0 Å². The first kappa shape index (κ1) is 21.3. The number of nitrogens with one attached hydrogen (secondary N) is 1. The summed E-state index contributed by atoms with van der Waals surface area (Å²) in [6.07, 6.45) is -0.0501. The van der Waals surface area contributed by atoms with Crippen molar-refractivity contribution in [1.29, 1.82) is 0 Å². The van der Waals surface area contributed by atoms with E-state index in [2.05, 4.69) is 65.4 Å². The van der Waals surface area contributed by atoms with Crippen LogP contribution in [0.1, 0.15) is 29.7 Å². The molecule has 0 spiro atoms. The molecule has 2 aromatic carbocycles. The first-order valence-electron chi connectivity index (χ1n) is 10.0. The Morgan fingerprint density at radius 3 is 2.38 bits per heavy atom. The van der Waals surface area contributed by atoms with Gasteiger partial charge in [0.1, 0.15) is 11.9 Å². The van der Waals surface area contributed by atoms with E-state index in [1.54, 1.807) is 19.2 Å². The Kier molecular flexibility index (Phi) is 7.23. The zero-order valence-electron chi connectivity index (χ0n) is 17.7. The van der Waals surface area contributed by atoms with Gasteiger partial charge in [0.25, 0.3) is 0 Å². The maximum absolute atomic E-state index is 13.3. The molecule has 1 saturated heterocycles. The second kappa shape index (κ2) is 9.85. The maximum Gasteiger partial charge on any atom is 0.194 e. The summed E-state index contributed by atoms with van der Waals surface area (Å²) in [7, 11) is 5.94. The lowest BCUT2D eigenvalue weighted by Crippen LogP contribution is -2.50. The van der Waals surface area contributed by atoms with E-state index in [9.17, 15) is 4.39 Å². The summed E-state index contributed by atoms with van der Waals surface area (Å²) in [6, 6.07) is 15.2. The SMILES string of the molecule is CN=C(NCc1ccc(CN(C)C)cc1)N1CC(C)OC(c2ccc(F)cc2)C1. The van der Waals surface area contributed by atoms with E-state index in [4.69, 9.17) is 4.74 Å². The van der Waals surface area contributed by atoms with Gasteiger partial charge in [-0.3, -0.25) is 4.99 Å². The Morgan fingerprint density at radius 2 is 1.76 bits per heavy atom. The predicted molar refractivity (Wildman–Crippen MR) is 115 cm³/mol. The zero-order chi connectivity index (χ0) is 20.8. The van der Waals surface area contributed by atoms with Gasteiger partial charge in [-0.05, 0) is 49.8 Å². The Labute approximate surface area is 173 Å². The predicted octanol–water partition coefficient (Wildman–Crippen LogP) is 3.42. The van der Waals surface area contributed by atoms with Crippen LogP contribution in [0.2, 0.25) is 0 Å². The van der Waals surface area contributed by atoms with Gasteiger partial charge in [-0.1, -0.05) is 36.4 Å². The summed E-state index contributed by atoms with van der Waals surface area (Å²) in [5, 5.41) is 3.47. The molecule has 156 valence electrons. The molecule has 29 heavy (non-hydrogen) atoms. The molecule has 0 saturated carbocycles. The van der Waals surface area contributed by atoms with Crippen molar-refractivity contribution < 1.29 is 9.13 Å². The van der Waals surface area contributed by atoms with Crippen LogP contribution in [0.4, 0.5) is 4.39 Å². The van der Waals surface area contributed by atoms with E-state index in [1.807, 2.05) is 0 Å².